The van der Waals surface area contributed by atoms with Gasteiger partial charge in [-0.3, -0.25) is 10.0 Å². The second kappa shape index (κ2) is 4.43. The van der Waals surface area contributed by atoms with Crippen molar-refractivity contribution in [3.8, 4) is 5.75 Å². The van der Waals surface area contributed by atoms with Gasteiger partial charge < -0.3 is 4.74 Å². The van der Waals surface area contributed by atoms with Crippen molar-refractivity contribution in [1.82, 2.24) is 5.48 Å². The summed E-state index contributed by atoms with van der Waals surface area (Å²) >= 11 is 2.07. The first-order valence-corrected chi connectivity index (χ1v) is 4.55. The summed E-state index contributed by atoms with van der Waals surface area (Å²) < 4.78 is 5.85. The summed E-state index contributed by atoms with van der Waals surface area (Å²) in [7, 11) is 1.47. The summed E-state index contributed by atoms with van der Waals surface area (Å²) in [5, 5.41) is 8.44. The first kappa shape index (κ1) is 10.3. The normalized spacial score (nSPS) is 9.46. The van der Waals surface area contributed by atoms with Gasteiger partial charge in [-0.15, -0.1) is 0 Å². The molecule has 0 atom stereocenters. The Labute approximate surface area is 89.0 Å². The number of hydroxylamine groups is 1. The van der Waals surface area contributed by atoms with E-state index in [0.717, 1.165) is 3.57 Å². The fourth-order valence-corrected chi connectivity index (χ4v) is 1.41. The van der Waals surface area contributed by atoms with Crippen molar-refractivity contribution in [2.45, 2.75) is 0 Å². The molecule has 0 aliphatic heterocycles. The summed E-state index contributed by atoms with van der Waals surface area (Å²) in [6.07, 6.45) is 0. The van der Waals surface area contributed by atoms with Gasteiger partial charge in [-0.1, -0.05) is 0 Å². The summed E-state index contributed by atoms with van der Waals surface area (Å²) in [5.41, 5.74) is 1.88. The fourth-order valence-electron chi connectivity index (χ4n) is 0.918. The van der Waals surface area contributed by atoms with E-state index < -0.39 is 5.91 Å². The van der Waals surface area contributed by atoms with Crippen LogP contribution < -0.4 is 10.2 Å². The van der Waals surface area contributed by atoms with E-state index in [1.165, 1.54) is 7.11 Å². The Kier molecular flexibility index (Phi) is 3.49. The highest BCUT2D eigenvalue weighted by Crippen LogP contribution is 2.20. The van der Waals surface area contributed by atoms with Crippen molar-refractivity contribution in [3.63, 3.8) is 0 Å². The van der Waals surface area contributed by atoms with Gasteiger partial charge in [0.15, 0.2) is 0 Å². The molecule has 0 spiro atoms. The topological polar surface area (TPSA) is 58.6 Å². The molecule has 0 heterocycles. The predicted molar refractivity (Wildman–Crippen MR) is 55.0 cm³/mol. The number of halogens is 1. The van der Waals surface area contributed by atoms with Crippen LogP contribution >= 0.6 is 22.6 Å². The molecule has 0 saturated heterocycles. The second-order valence-electron chi connectivity index (χ2n) is 2.29. The average molecular weight is 293 g/mol. The Hall–Kier alpha value is -0.820. The monoisotopic (exact) mass is 293 g/mol. The zero-order valence-corrected chi connectivity index (χ0v) is 9.03. The third-order valence-corrected chi connectivity index (χ3v) is 2.18. The maximum Gasteiger partial charge on any atom is 0.278 e. The smallest absolute Gasteiger partial charge is 0.278 e. The number of methoxy groups -OCH3 is 1. The highest BCUT2D eigenvalue weighted by Gasteiger charge is 2.11. The number of carbonyl (C=O) groups is 1. The number of nitrogens with one attached hydrogen (secondary N) is 1. The van der Waals surface area contributed by atoms with Crippen LogP contribution in [-0.4, -0.2) is 18.2 Å². The maximum atomic E-state index is 11.1. The lowest BCUT2D eigenvalue weighted by molar-refractivity contribution is 0.0703. The minimum atomic E-state index is -0.574. The first-order valence-electron chi connectivity index (χ1n) is 3.47. The molecular weight excluding hydrogens is 285 g/mol. The van der Waals surface area contributed by atoms with Crippen molar-refractivity contribution in [3.05, 3.63) is 27.3 Å². The average Bonchev–Trinajstić information content (AvgIpc) is 2.16. The van der Waals surface area contributed by atoms with Crippen molar-refractivity contribution in [2.24, 2.45) is 0 Å². The summed E-state index contributed by atoms with van der Waals surface area (Å²) in [6.45, 7) is 0. The minimum absolute atomic E-state index is 0.317. The van der Waals surface area contributed by atoms with Crippen molar-refractivity contribution >= 4 is 28.5 Å². The largest absolute Gasteiger partial charge is 0.496 e. The molecule has 13 heavy (non-hydrogen) atoms. The van der Waals surface area contributed by atoms with Crippen LogP contribution in [0.15, 0.2) is 18.2 Å². The molecule has 70 valence electrons. The van der Waals surface area contributed by atoms with Crippen molar-refractivity contribution in [2.75, 3.05) is 7.11 Å². The van der Waals surface area contributed by atoms with Crippen LogP contribution in [0.5, 0.6) is 5.75 Å². The van der Waals surface area contributed by atoms with E-state index in [1.807, 2.05) is 6.07 Å². The Bertz CT molecular complexity index is 327. The Morgan fingerprint density at radius 3 is 2.85 bits per heavy atom. The standard InChI is InChI=1S/C8H8INO3/c1-13-7-3-2-5(9)4-6(7)8(11)10-12/h2-4,12H,1H3,(H,10,11). The van der Waals surface area contributed by atoms with Crippen LogP contribution in [0.4, 0.5) is 0 Å². The van der Waals surface area contributed by atoms with E-state index >= 15 is 0 Å². The van der Waals surface area contributed by atoms with Gasteiger partial charge in [0.25, 0.3) is 5.91 Å². The van der Waals surface area contributed by atoms with Crippen LogP contribution in [0, 0.1) is 3.57 Å². The molecule has 0 radical (unpaired) electrons. The molecule has 0 unspecified atom stereocenters. The van der Waals surface area contributed by atoms with Crippen LogP contribution in [0.1, 0.15) is 10.4 Å². The van der Waals surface area contributed by atoms with E-state index in [1.54, 1.807) is 17.6 Å². The van der Waals surface area contributed by atoms with Crippen molar-refractivity contribution in [1.29, 1.82) is 0 Å². The zero-order valence-electron chi connectivity index (χ0n) is 6.87. The number of amides is 1. The number of hydrogen-bond acceptors (Lipinski definition) is 3. The van der Waals surface area contributed by atoms with Gasteiger partial charge in [-0.05, 0) is 40.8 Å². The van der Waals surface area contributed by atoms with E-state index in [4.69, 9.17) is 9.94 Å². The Balaban J connectivity index is 3.15. The molecular formula is C8H8INO3. The second-order valence-corrected chi connectivity index (χ2v) is 3.53. The van der Waals surface area contributed by atoms with Gasteiger partial charge in [0.2, 0.25) is 0 Å². The molecule has 0 aliphatic rings. The van der Waals surface area contributed by atoms with Crippen LogP contribution in [-0.2, 0) is 0 Å². The number of carbonyl (C=O) groups excluding carboxylic acids is 1. The van der Waals surface area contributed by atoms with Gasteiger partial charge in [-0.25, -0.2) is 5.48 Å². The number of benzene rings is 1. The number of rotatable bonds is 2. The molecule has 0 saturated carbocycles. The SMILES string of the molecule is COc1ccc(I)cc1C(=O)NO. The molecule has 0 aliphatic carbocycles. The molecule has 1 aromatic carbocycles. The predicted octanol–water partition coefficient (Wildman–Crippen LogP) is 1.42. The van der Waals surface area contributed by atoms with E-state index in [-0.39, 0.29) is 0 Å². The van der Waals surface area contributed by atoms with E-state index in [0.29, 0.717) is 11.3 Å². The van der Waals surface area contributed by atoms with Crippen LogP contribution in [0.25, 0.3) is 0 Å². The third kappa shape index (κ3) is 2.31. The first-order chi connectivity index (χ1) is 6.19. The highest BCUT2D eigenvalue weighted by atomic mass is 127. The quantitative estimate of drug-likeness (QED) is 0.492. The third-order valence-electron chi connectivity index (χ3n) is 1.51. The molecule has 0 bridgehead atoms. The van der Waals surface area contributed by atoms with Gasteiger partial charge in [0, 0.05) is 3.57 Å². The molecule has 1 aromatic rings. The minimum Gasteiger partial charge on any atom is -0.496 e. The number of ether oxygens (including phenoxy) is 1. The molecule has 2 N–H and O–H groups in total. The van der Waals surface area contributed by atoms with Gasteiger partial charge in [-0.2, -0.15) is 0 Å². The van der Waals surface area contributed by atoms with E-state index in [2.05, 4.69) is 22.6 Å². The highest BCUT2D eigenvalue weighted by molar-refractivity contribution is 14.1. The van der Waals surface area contributed by atoms with Gasteiger partial charge in [0.1, 0.15) is 5.75 Å². The molecule has 0 aromatic heterocycles. The van der Waals surface area contributed by atoms with Crippen LogP contribution in [0.3, 0.4) is 0 Å². The molecule has 0 fully saturated rings. The summed E-state index contributed by atoms with van der Waals surface area (Å²) in [4.78, 5) is 11.1. The Morgan fingerprint density at radius 1 is 1.62 bits per heavy atom. The zero-order chi connectivity index (χ0) is 9.84. The molecule has 4 nitrogen and oxygen atoms in total. The molecule has 1 amide bonds. The summed E-state index contributed by atoms with van der Waals surface area (Å²) in [6, 6.07) is 5.12. The van der Waals surface area contributed by atoms with Gasteiger partial charge in [0.05, 0.1) is 12.7 Å². The van der Waals surface area contributed by atoms with Crippen molar-refractivity contribution < 1.29 is 14.7 Å². The Morgan fingerprint density at radius 2 is 2.31 bits per heavy atom. The lowest BCUT2D eigenvalue weighted by Gasteiger charge is -2.06. The number of hydrogen-bond donors (Lipinski definition) is 2. The summed E-state index contributed by atoms with van der Waals surface area (Å²) in [5.74, 6) is -0.137. The lowest BCUT2D eigenvalue weighted by Crippen LogP contribution is -2.19. The fraction of sp³-hybridized carbons (Fsp3) is 0.125. The van der Waals surface area contributed by atoms with Crippen LogP contribution in [0.2, 0.25) is 0 Å². The molecule has 5 heteroatoms. The lowest BCUT2D eigenvalue weighted by atomic mass is 10.2. The molecule has 1 rings (SSSR count). The maximum absolute atomic E-state index is 11.1. The van der Waals surface area contributed by atoms with E-state index in [9.17, 15) is 4.79 Å². The van der Waals surface area contributed by atoms with Gasteiger partial charge >= 0.3 is 0 Å².